The Kier molecular flexibility index (Phi) is 3.79. The molecule has 1 aliphatic rings. The normalized spacial score (nSPS) is 21.5. The average Bonchev–Trinajstić information content (AvgIpc) is 2.29. The number of piperidine rings is 1. The zero-order valence-electron chi connectivity index (χ0n) is 9.63. The highest BCUT2D eigenvalue weighted by Gasteiger charge is 2.12. The molecule has 1 heteroatoms. The summed E-state index contributed by atoms with van der Waals surface area (Å²) in [5.41, 5.74) is 2.98. The van der Waals surface area contributed by atoms with Crippen LogP contribution in [0.25, 0.3) is 0 Å². The molecule has 82 valence electrons. The van der Waals surface area contributed by atoms with Crippen LogP contribution in [0.5, 0.6) is 0 Å². The van der Waals surface area contributed by atoms with Gasteiger partial charge in [0.15, 0.2) is 0 Å². The molecule has 1 aromatic carbocycles. The Balaban J connectivity index is 1.84. The van der Waals surface area contributed by atoms with Gasteiger partial charge in [0.25, 0.3) is 0 Å². The van der Waals surface area contributed by atoms with Crippen LogP contribution in [0.1, 0.15) is 30.4 Å². The third-order valence-corrected chi connectivity index (χ3v) is 3.48. The average molecular weight is 203 g/mol. The summed E-state index contributed by atoms with van der Waals surface area (Å²) < 4.78 is 0. The van der Waals surface area contributed by atoms with Crippen molar-refractivity contribution >= 4 is 0 Å². The van der Waals surface area contributed by atoms with Crippen LogP contribution < -0.4 is 5.32 Å². The number of hydrogen-bond acceptors (Lipinski definition) is 1. The minimum atomic E-state index is 0.901. The van der Waals surface area contributed by atoms with E-state index in [-0.39, 0.29) is 0 Å². The van der Waals surface area contributed by atoms with Crippen molar-refractivity contribution in [3.05, 3.63) is 35.4 Å². The second kappa shape index (κ2) is 5.32. The number of aryl methyl sites for hydroxylation is 2. The Morgan fingerprint density at radius 2 is 2.20 bits per heavy atom. The monoisotopic (exact) mass is 203 g/mol. The van der Waals surface area contributed by atoms with E-state index in [1.807, 2.05) is 0 Å². The molecule has 1 nitrogen and oxygen atoms in total. The van der Waals surface area contributed by atoms with Gasteiger partial charge in [-0.25, -0.2) is 0 Å². The fraction of sp³-hybridized carbons (Fsp3) is 0.571. The Labute approximate surface area is 92.9 Å². The lowest BCUT2D eigenvalue weighted by molar-refractivity contribution is 0.358. The van der Waals surface area contributed by atoms with Crippen LogP contribution in [-0.4, -0.2) is 13.1 Å². The van der Waals surface area contributed by atoms with Crippen LogP contribution in [0.3, 0.4) is 0 Å². The van der Waals surface area contributed by atoms with Crippen molar-refractivity contribution in [1.82, 2.24) is 5.32 Å². The molecule has 1 aliphatic heterocycles. The van der Waals surface area contributed by atoms with E-state index in [4.69, 9.17) is 0 Å². The molecule has 1 saturated heterocycles. The third kappa shape index (κ3) is 3.07. The maximum atomic E-state index is 3.49. The van der Waals surface area contributed by atoms with Crippen LogP contribution in [-0.2, 0) is 6.42 Å². The minimum Gasteiger partial charge on any atom is -0.316 e. The quantitative estimate of drug-likeness (QED) is 0.796. The molecule has 0 radical (unpaired) electrons. The van der Waals surface area contributed by atoms with E-state index in [0.29, 0.717) is 0 Å². The van der Waals surface area contributed by atoms with Gasteiger partial charge in [-0.2, -0.15) is 0 Å². The van der Waals surface area contributed by atoms with Gasteiger partial charge < -0.3 is 5.32 Å². The van der Waals surface area contributed by atoms with Crippen LogP contribution in [0.2, 0.25) is 0 Å². The molecule has 1 unspecified atom stereocenters. The van der Waals surface area contributed by atoms with Gasteiger partial charge in [0, 0.05) is 0 Å². The van der Waals surface area contributed by atoms with Gasteiger partial charge in [0.05, 0.1) is 0 Å². The maximum absolute atomic E-state index is 3.49. The van der Waals surface area contributed by atoms with Crippen LogP contribution in [0.15, 0.2) is 24.3 Å². The smallest absolute Gasteiger partial charge is 0.00204 e. The molecule has 1 atom stereocenters. The summed E-state index contributed by atoms with van der Waals surface area (Å²) in [5.74, 6) is 0.901. The topological polar surface area (TPSA) is 12.0 Å². The fourth-order valence-corrected chi connectivity index (χ4v) is 2.42. The van der Waals surface area contributed by atoms with E-state index in [0.717, 1.165) is 5.92 Å². The van der Waals surface area contributed by atoms with Crippen molar-refractivity contribution in [2.75, 3.05) is 13.1 Å². The van der Waals surface area contributed by atoms with E-state index >= 15 is 0 Å². The Hall–Kier alpha value is -0.820. The van der Waals surface area contributed by atoms with Crippen LogP contribution in [0.4, 0.5) is 0 Å². The third-order valence-electron chi connectivity index (χ3n) is 3.48. The van der Waals surface area contributed by atoms with Crippen LogP contribution in [0, 0.1) is 12.8 Å². The van der Waals surface area contributed by atoms with E-state index < -0.39 is 0 Å². The molecule has 1 N–H and O–H groups in total. The summed E-state index contributed by atoms with van der Waals surface area (Å²) in [6.45, 7) is 4.67. The first kappa shape index (κ1) is 10.7. The fourth-order valence-electron chi connectivity index (χ4n) is 2.42. The first-order chi connectivity index (χ1) is 7.36. The Bertz CT molecular complexity index is 300. The Morgan fingerprint density at radius 3 is 2.93 bits per heavy atom. The zero-order valence-corrected chi connectivity index (χ0v) is 9.63. The molecular weight excluding hydrogens is 182 g/mol. The first-order valence-electron chi connectivity index (χ1n) is 6.11. The van der Waals surface area contributed by atoms with E-state index in [2.05, 4.69) is 36.5 Å². The summed E-state index contributed by atoms with van der Waals surface area (Å²) in [7, 11) is 0. The van der Waals surface area contributed by atoms with Gasteiger partial charge in [0.1, 0.15) is 0 Å². The van der Waals surface area contributed by atoms with E-state index in [1.54, 1.807) is 0 Å². The lowest BCUT2D eigenvalue weighted by atomic mass is 9.92. The van der Waals surface area contributed by atoms with E-state index in [1.165, 1.54) is 49.9 Å². The maximum Gasteiger partial charge on any atom is -0.00204 e. The zero-order chi connectivity index (χ0) is 10.5. The molecule has 1 heterocycles. The molecular formula is C14H21N. The van der Waals surface area contributed by atoms with Crippen LogP contribution >= 0.6 is 0 Å². The highest BCUT2D eigenvalue weighted by atomic mass is 14.9. The standard InChI is InChI=1S/C14H21N/c1-12-5-2-3-7-14(12)9-8-13-6-4-10-15-11-13/h2-3,5,7,13,15H,4,6,8-11H2,1H3. The molecule has 15 heavy (non-hydrogen) atoms. The van der Waals surface area contributed by atoms with Crippen molar-refractivity contribution in [1.29, 1.82) is 0 Å². The number of benzene rings is 1. The highest BCUT2D eigenvalue weighted by Crippen LogP contribution is 2.18. The summed E-state index contributed by atoms with van der Waals surface area (Å²) in [6.07, 6.45) is 5.37. The summed E-state index contributed by atoms with van der Waals surface area (Å²) in [4.78, 5) is 0. The van der Waals surface area contributed by atoms with Crippen molar-refractivity contribution in [3.63, 3.8) is 0 Å². The molecule has 2 rings (SSSR count). The van der Waals surface area contributed by atoms with Gasteiger partial charge in [-0.1, -0.05) is 24.3 Å². The van der Waals surface area contributed by atoms with Crippen molar-refractivity contribution in [2.45, 2.75) is 32.6 Å². The van der Waals surface area contributed by atoms with Gasteiger partial charge in [0.2, 0.25) is 0 Å². The predicted octanol–water partition coefficient (Wildman–Crippen LogP) is 2.93. The summed E-state index contributed by atoms with van der Waals surface area (Å²) >= 11 is 0. The second-order valence-corrected chi connectivity index (χ2v) is 4.68. The lowest BCUT2D eigenvalue weighted by Crippen LogP contribution is -2.29. The Morgan fingerprint density at radius 1 is 1.33 bits per heavy atom. The van der Waals surface area contributed by atoms with Gasteiger partial charge >= 0.3 is 0 Å². The number of nitrogens with one attached hydrogen (secondary N) is 1. The SMILES string of the molecule is Cc1ccccc1CCC1CCCNC1. The molecule has 1 fully saturated rings. The van der Waals surface area contributed by atoms with Gasteiger partial charge in [-0.15, -0.1) is 0 Å². The minimum absolute atomic E-state index is 0.901. The first-order valence-corrected chi connectivity index (χ1v) is 6.11. The predicted molar refractivity (Wildman–Crippen MR) is 65.1 cm³/mol. The molecule has 0 amide bonds. The summed E-state index contributed by atoms with van der Waals surface area (Å²) in [5, 5.41) is 3.49. The second-order valence-electron chi connectivity index (χ2n) is 4.68. The van der Waals surface area contributed by atoms with Crippen molar-refractivity contribution in [2.24, 2.45) is 5.92 Å². The molecule has 0 bridgehead atoms. The summed E-state index contributed by atoms with van der Waals surface area (Å²) in [6, 6.07) is 8.77. The largest absolute Gasteiger partial charge is 0.316 e. The van der Waals surface area contributed by atoms with Gasteiger partial charge in [-0.3, -0.25) is 0 Å². The number of rotatable bonds is 3. The highest BCUT2D eigenvalue weighted by molar-refractivity contribution is 5.25. The molecule has 0 spiro atoms. The lowest BCUT2D eigenvalue weighted by Gasteiger charge is -2.22. The molecule has 0 aliphatic carbocycles. The molecule has 0 aromatic heterocycles. The van der Waals surface area contributed by atoms with Crippen molar-refractivity contribution in [3.8, 4) is 0 Å². The number of hydrogen-bond donors (Lipinski definition) is 1. The molecule has 1 aromatic rings. The van der Waals surface area contributed by atoms with Gasteiger partial charge in [-0.05, 0) is 62.7 Å². The van der Waals surface area contributed by atoms with Crippen molar-refractivity contribution < 1.29 is 0 Å². The molecule has 0 saturated carbocycles. The van der Waals surface area contributed by atoms with E-state index in [9.17, 15) is 0 Å².